The molecule has 0 aliphatic heterocycles. The van der Waals surface area contributed by atoms with Crippen LogP contribution >= 0.6 is 0 Å². The normalized spacial score (nSPS) is 10.7. The van der Waals surface area contributed by atoms with Crippen molar-refractivity contribution in [2.24, 2.45) is 0 Å². The third-order valence-corrected chi connectivity index (χ3v) is 4.38. The molecule has 0 spiro atoms. The minimum absolute atomic E-state index is 0.111. The van der Waals surface area contributed by atoms with Crippen LogP contribution in [0.5, 0.6) is 0 Å². The molecule has 0 aliphatic carbocycles. The molecule has 0 fully saturated rings. The maximum Gasteiger partial charge on any atom is 0.335 e. The summed E-state index contributed by atoms with van der Waals surface area (Å²) in [6.45, 7) is 0. The van der Waals surface area contributed by atoms with Gasteiger partial charge in [0.15, 0.2) is 0 Å². The molecular weight excluding hydrogens is 373 g/mol. The van der Waals surface area contributed by atoms with E-state index in [4.69, 9.17) is 5.11 Å². The number of carboxylic acids is 1. The lowest BCUT2D eigenvalue weighted by Crippen LogP contribution is -2.13. The monoisotopic (exact) mass is 387 g/mol. The standard InChI is InChI=1S/C22H14FN3O3/c23-15-3-6-19-17(11-15)18(12-20(26-19)13-7-9-24-10-8-13)21(27)25-16-4-1-14(2-5-16)22(28)29/h1-12H,(H,25,27)(H,28,29). The second-order valence-electron chi connectivity index (χ2n) is 6.29. The van der Waals surface area contributed by atoms with Crippen molar-refractivity contribution in [2.45, 2.75) is 0 Å². The molecule has 4 aromatic rings. The van der Waals surface area contributed by atoms with Gasteiger partial charge in [-0.2, -0.15) is 0 Å². The summed E-state index contributed by atoms with van der Waals surface area (Å²) in [5.41, 5.74) is 2.59. The Kier molecular flexibility index (Phi) is 4.70. The molecule has 0 bridgehead atoms. The highest BCUT2D eigenvalue weighted by atomic mass is 19.1. The van der Waals surface area contributed by atoms with Gasteiger partial charge in [0.1, 0.15) is 5.82 Å². The molecule has 0 unspecified atom stereocenters. The van der Waals surface area contributed by atoms with Crippen molar-refractivity contribution < 1.29 is 19.1 Å². The van der Waals surface area contributed by atoms with Gasteiger partial charge >= 0.3 is 5.97 Å². The molecule has 0 saturated heterocycles. The highest BCUT2D eigenvalue weighted by Crippen LogP contribution is 2.26. The third-order valence-electron chi connectivity index (χ3n) is 4.38. The summed E-state index contributed by atoms with van der Waals surface area (Å²) in [5, 5.41) is 12.1. The van der Waals surface area contributed by atoms with E-state index in [9.17, 15) is 14.0 Å². The molecule has 7 heteroatoms. The van der Waals surface area contributed by atoms with E-state index in [2.05, 4.69) is 15.3 Å². The number of aromatic carboxylic acids is 1. The summed E-state index contributed by atoms with van der Waals surface area (Å²) in [6.07, 6.45) is 3.24. The molecule has 2 heterocycles. The number of rotatable bonds is 4. The summed E-state index contributed by atoms with van der Waals surface area (Å²) in [4.78, 5) is 32.4. The van der Waals surface area contributed by atoms with Crippen LogP contribution < -0.4 is 5.32 Å². The predicted octanol–water partition coefficient (Wildman–Crippen LogP) is 4.39. The number of carboxylic acid groups (broad SMARTS) is 1. The highest BCUT2D eigenvalue weighted by molar-refractivity contribution is 6.13. The number of halogens is 1. The Morgan fingerprint density at radius 3 is 2.34 bits per heavy atom. The van der Waals surface area contributed by atoms with Gasteiger partial charge in [-0.15, -0.1) is 0 Å². The van der Waals surface area contributed by atoms with Gasteiger partial charge in [0.2, 0.25) is 0 Å². The molecular formula is C22H14FN3O3. The van der Waals surface area contributed by atoms with Gasteiger partial charge in [-0.1, -0.05) is 0 Å². The summed E-state index contributed by atoms with van der Waals surface area (Å²) in [5.74, 6) is -1.99. The fourth-order valence-corrected chi connectivity index (χ4v) is 2.95. The Labute approximate surface area is 164 Å². The van der Waals surface area contributed by atoms with Crippen molar-refractivity contribution in [3.63, 3.8) is 0 Å². The number of nitrogens with zero attached hydrogens (tertiary/aromatic N) is 2. The molecule has 0 saturated carbocycles. The summed E-state index contributed by atoms with van der Waals surface area (Å²) < 4.78 is 13.8. The molecule has 2 aromatic heterocycles. The zero-order chi connectivity index (χ0) is 20.4. The number of hydrogen-bond donors (Lipinski definition) is 2. The summed E-state index contributed by atoms with van der Waals surface area (Å²) in [6, 6.07) is 15.0. The van der Waals surface area contributed by atoms with Crippen molar-refractivity contribution in [1.29, 1.82) is 0 Å². The van der Waals surface area contributed by atoms with E-state index < -0.39 is 17.7 Å². The fourth-order valence-electron chi connectivity index (χ4n) is 2.95. The van der Waals surface area contributed by atoms with Crippen molar-refractivity contribution >= 4 is 28.5 Å². The Hall–Kier alpha value is -4.13. The fraction of sp³-hybridized carbons (Fsp3) is 0. The maximum absolute atomic E-state index is 13.8. The molecule has 1 amide bonds. The second kappa shape index (κ2) is 7.47. The number of fused-ring (bicyclic) bond motifs is 1. The molecule has 2 aromatic carbocycles. The van der Waals surface area contributed by atoms with E-state index in [1.807, 2.05) is 0 Å². The molecule has 2 N–H and O–H groups in total. The Balaban J connectivity index is 1.77. The van der Waals surface area contributed by atoms with Crippen molar-refractivity contribution in [1.82, 2.24) is 9.97 Å². The van der Waals surface area contributed by atoms with E-state index in [0.29, 0.717) is 22.3 Å². The summed E-state index contributed by atoms with van der Waals surface area (Å²) in [7, 11) is 0. The van der Waals surface area contributed by atoms with Crippen molar-refractivity contribution in [2.75, 3.05) is 5.32 Å². The Bertz CT molecular complexity index is 1230. The van der Waals surface area contributed by atoms with E-state index in [1.165, 1.54) is 42.5 Å². The Morgan fingerprint density at radius 1 is 0.931 bits per heavy atom. The van der Waals surface area contributed by atoms with Gasteiger partial charge in [-0.05, 0) is 60.7 Å². The minimum Gasteiger partial charge on any atom is -0.478 e. The van der Waals surface area contributed by atoms with Crippen LogP contribution in [0.1, 0.15) is 20.7 Å². The van der Waals surface area contributed by atoms with Crippen molar-refractivity contribution in [3.8, 4) is 11.3 Å². The van der Waals surface area contributed by atoms with Crippen LogP contribution in [-0.4, -0.2) is 27.0 Å². The van der Waals surface area contributed by atoms with Crippen LogP contribution in [0.25, 0.3) is 22.2 Å². The number of carbonyl (C=O) groups is 2. The maximum atomic E-state index is 13.8. The zero-order valence-corrected chi connectivity index (χ0v) is 15.0. The number of aromatic nitrogens is 2. The van der Waals surface area contributed by atoms with E-state index in [0.717, 1.165) is 5.56 Å². The molecule has 4 rings (SSSR count). The van der Waals surface area contributed by atoms with Crippen molar-refractivity contribution in [3.05, 3.63) is 90.0 Å². The number of benzene rings is 2. The topological polar surface area (TPSA) is 92.2 Å². The number of pyridine rings is 2. The van der Waals surface area contributed by atoms with Gasteiger partial charge in [0, 0.05) is 29.0 Å². The van der Waals surface area contributed by atoms with Gasteiger partial charge in [0.25, 0.3) is 5.91 Å². The van der Waals surface area contributed by atoms with E-state index >= 15 is 0 Å². The average molecular weight is 387 g/mol. The molecule has 142 valence electrons. The lowest BCUT2D eigenvalue weighted by molar-refractivity contribution is 0.0696. The molecule has 0 aliphatic rings. The average Bonchev–Trinajstić information content (AvgIpc) is 2.74. The van der Waals surface area contributed by atoms with Crippen LogP contribution in [0.3, 0.4) is 0 Å². The smallest absolute Gasteiger partial charge is 0.335 e. The first-order valence-corrected chi connectivity index (χ1v) is 8.67. The minimum atomic E-state index is -1.06. The number of nitrogens with one attached hydrogen (secondary N) is 1. The lowest BCUT2D eigenvalue weighted by Gasteiger charge is -2.11. The van der Waals surface area contributed by atoms with Gasteiger partial charge in [-0.3, -0.25) is 9.78 Å². The number of carbonyl (C=O) groups excluding carboxylic acids is 1. The van der Waals surface area contributed by atoms with Crippen LogP contribution in [0, 0.1) is 5.82 Å². The second-order valence-corrected chi connectivity index (χ2v) is 6.29. The number of hydrogen-bond acceptors (Lipinski definition) is 4. The van der Waals surface area contributed by atoms with Crippen LogP contribution in [-0.2, 0) is 0 Å². The van der Waals surface area contributed by atoms with Gasteiger partial charge in [-0.25, -0.2) is 14.2 Å². The molecule has 29 heavy (non-hydrogen) atoms. The largest absolute Gasteiger partial charge is 0.478 e. The first-order valence-electron chi connectivity index (χ1n) is 8.67. The molecule has 0 atom stereocenters. The number of anilines is 1. The third kappa shape index (κ3) is 3.79. The number of amides is 1. The quantitative estimate of drug-likeness (QED) is 0.542. The van der Waals surface area contributed by atoms with E-state index in [1.54, 1.807) is 30.6 Å². The lowest BCUT2D eigenvalue weighted by atomic mass is 10.0. The van der Waals surface area contributed by atoms with Gasteiger partial charge < -0.3 is 10.4 Å². The van der Waals surface area contributed by atoms with E-state index in [-0.39, 0.29) is 11.1 Å². The first kappa shape index (κ1) is 18.2. The van der Waals surface area contributed by atoms with Gasteiger partial charge in [0.05, 0.1) is 22.3 Å². The first-order chi connectivity index (χ1) is 14.0. The predicted molar refractivity (Wildman–Crippen MR) is 106 cm³/mol. The summed E-state index contributed by atoms with van der Waals surface area (Å²) >= 11 is 0. The van der Waals surface area contributed by atoms with Crippen LogP contribution in [0.4, 0.5) is 10.1 Å². The van der Waals surface area contributed by atoms with Crippen LogP contribution in [0.15, 0.2) is 73.1 Å². The zero-order valence-electron chi connectivity index (χ0n) is 15.0. The SMILES string of the molecule is O=C(O)c1ccc(NC(=O)c2cc(-c3ccncc3)nc3ccc(F)cc23)cc1. The highest BCUT2D eigenvalue weighted by Gasteiger charge is 2.15. The van der Waals surface area contributed by atoms with Crippen LogP contribution in [0.2, 0.25) is 0 Å². The molecule has 0 radical (unpaired) electrons. The molecule has 6 nitrogen and oxygen atoms in total. The Morgan fingerprint density at radius 2 is 1.66 bits per heavy atom.